The van der Waals surface area contributed by atoms with Gasteiger partial charge in [0.2, 0.25) is 5.91 Å². The molecular weight excluding hydrogens is 420 g/mol. The fourth-order valence-electron chi connectivity index (χ4n) is 3.60. The lowest BCUT2D eigenvalue weighted by atomic mass is 10.1. The monoisotopic (exact) mass is 446 g/mol. The molecule has 0 saturated carbocycles. The first-order chi connectivity index (χ1) is 15.5. The van der Waals surface area contributed by atoms with Gasteiger partial charge in [0.05, 0.1) is 18.6 Å². The molecule has 4 aromatic rings. The smallest absolute Gasteiger partial charge is 0.234 e. The Morgan fingerprint density at radius 1 is 1.09 bits per heavy atom. The van der Waals surface area contributed by atoms with Crippen LogP contribution in [-0.4, -0.2) is 26.4 Å². The van der Waals surface area contributed by atoms with Gasteiger partial charge in [0.25, 0.3) is 0 Å². The van der Waals surface area contributed by atoms with E-state index in [2.05, 4.69) is 28.5 Å². The van der Waals surface area contributed by atoms with Crippen LogP contribution in [0.5, 0.6) is 0 Å². The van der Waals surface area contributed by atoms with Crippen LogP contribution in [-0.2, 0) is 17.8 Å². The predicted molar refractivity (Wildman–Crippen MR) is 128 cm³/mol. The van der Waals surface area contributed by atoms with Crippen LogP contribution in [0, 0.1) is 13.8 Å². The number of carbonyl (C=O) groups excluding carboxylic acids is 1. The number of anilines is 1. The van der Waals surface area contributed by atoms with Crippen LogP contribution in [0.1, 0.15) is 29.4 Å². The number of carbonyl (C=O) groups is 1. The summed E-state index contributed by atoms with van der Waals surface area (Å²) in [4.78, 5) is 12.7. The molecule has 0 radical (unpaired) electrons. The van der Waals surface area contributed by atoms with Gasteiger partial charge in [-0.15, -0.1) is 10.2 Å². The minimum atomic E-state index is -0.0661. The van der Waals surface area contributed by atoms with Crippen molar-refractivity contribution in [2.24, 2.45) is 0 Å². The molecule has 7 heteroatoms. The summed E-state index contributed by atoms with van der Waals surface area (Å²) in [5.74, 6) is 1.73. The molecule has 0 aliphatic carbocycles. The van der Waals surface area contributed by atoms with Crippen molar-refractivity contribution in [1.29, 1.82) is 0 Å². The van der Waals surface area contributed by atoms with Gasteiger partial charge in [-0.25, -0.2) is 0 Å². The van der Waals surface area contributed by atoms with E-state index in [1.807, 2.05) is 66.9 Å². The number of furan rings is 1. The molecule has 0 unspecified atom stereocenters. The minimum Gasteiger partial charge on any atom is -0.467 e. The molecule has 0 bridgehead atoms. The van der Waals surface area contributed by atoms with Crippen molar-refractivity contribution >= 4 is 23.4 Å². The lowest BCUT2D eigenvalue weighted by Gasteiger charge is -2.13. The Hall–Kier alpha value is -3.32. The van der Waals surface area contributed by atoms with Crippen LogP contribution in [0.3, 0.4) is 0 Å². The summed E-state index contributed by atoms with van der Waals surface area (Å²) >= 11 is 1.37. The zero-order chi connectivity index (χ0) is 22.5. The lowest BCUT2D eigenvalue weighted by molar-refractivity contribution is -0.113. The third kappa shape index (κ3) is 4.94. The number of amides is 1. The van der Waals surface area contributed by atoms with Gasteiger partial charge in [-0.05, 0) is 49.6 Å². The zero-order valence-electron chi connectivity index (χ0n) is 18.5. The maximum absolute atomic E-state index is 12.7. The van der Waals surface area contributed by atoms with E-state index < -0.39 is 0 Å². The molecule has 0 aliphatic rings. The number of para-hydroxylation sites is 1. The Morgan fingerprint density at radius 2 is 1.94 bits per heavy atom. The van der Waals surface area contributed by atoms with E-state index in [1.54, 1.807) is 6.26 Å². The maximum Gasteiger partial charge on any atom is 0.234 e. The van der Waals surface area contributed by atoms with Crippen LogP contribution in [0.15, 0.2) is 70.4 Å². The van der Waals surface area contributed by atoms with Crippen molar-refractivity contribution in [3.8, 4) is 11.4 Å². The molecule has 2 aromatic heterocycles. The van der Waals surface area contributed by atoms with Crippen molar-refractivity contribution in [2.75, 3.05) is 11.1 Å². The van der Waals surface area contributed by atoms with E-state index >= 15 is 0 Å². The van der Waals surface area contributed by atoms with Crippen molar-refractivity contribution in [1.82, 2.24) is 14.8 Å². The second-order valence-electron chi connectivity index (χ2n) is 7.64. The van der Waals surface area contributed by atoms with Crippen molar-refractivity contribution in [3.63, 3.8) is 0 Å². The summed E-state index contributed by atoms with van der Waals surface area (Å²) in [7, 11) is 0. The predicted octanol–water partition coefficient (Wildman–Crippen LogP) is 5.50. The van der Waals surface area contributed by atoms with Gasteiger partial charge in [-0.2, -0.15) is 0 Å². The summed E-state index contributed by atoms with van der Waals surface area (Å²) in [5, 5.41) is 12.6. The molecule has 4 rings (SSSR count). The normalized spacial score (nSPS) is 11.0. The molecular formula is C25H26N4O2S. The second kappa shape index (κ2) is 9.87. The van der Waals surface area contributed by atoms with E-state index in [9.17, 15) is 4.79 Å². The van der Waals surface area contributed by atoms with Gasteiger partial charge in [0.1, 0.15) is 5.76 Å². The van der Waals surface area contributed by atoms with Crippen LogP contribution in [0.25, 0.3) is 11.4 Å². The molecule has 0 atom stereocenters. The fraction of sp³-hybridized carbons (Fsp3) is 0.240. The third-order valence-electron chi connectivity index (χ3n) is 5.22. The average molecular weight is 447 g/mol. The summed E-state index contributed by atoms with van der Waals surface area (Å²) in [5.41, 5.74) is 5.22. The molecule has 0 spiro atoms. The highest BCUT2D eigenvalue weighted by atomic mass is 32.2. The first-order valence-corrected chi connectivity index (χ1v) is 11.6. The molecule has 1 N–H and O–H groups in total. The summed E-state index contributed by atoms with van der Waals surface area (Å²) in [6, 6.07) is 18.0. The number of nitrogens with one attached hydrogen (secondary N) is 1. The molecule has 0 saturated heterocycles. The molecule has 2 aromatic carbocycles. The number of nitrogens with zero attached hydrogens (tertiary/aromatic N) is 3. The molecule has 164 valence electrons. The third-order valence-corrected chi connectivity index (χ3v) is 6.19. The number of thioether (sulfide) groups is 1. The molecule has 6 nitrogen and oxygen atoms in total. The van der Waals surface area contributed by atoms with Gasteiger partial charge in [-0.1, -0.05) is 60.6 Å². The van der Waals surface area contributed by atoms with Gasteiger partial charge >= 0.3 is 0 Å². The molecule has 0 fully saturated rings. The highest BCUT2D eigenvalue weighted by Gasteiger charge is 2.18. The molecule has 32 heavy (non-hydrogen) atoms. The number of hydrogen-bond acceptors (Lipinski definition) is 5. The van der Waals surface area contributed by atoms with Crippen molar-refractivity contribution in [3.05, 3.63) is 83.3 Å². The summed E-state index contributed by atoms with van der Waals surface area (Å²) in [6.45, 7) is 6.64. The Bertz CT molecular complexity index is 1210. The van der Waals surface area contributed by atoms with E-state index in [-0.39, 0.29) is 11.7 Å². The van der Waals surface area contributed by atoms with Gasteiger partial charge in [0, 0.05) is 11.3 Å². The minimum absolute atomic E-state index is 0.0661. The molecule has 2 heterocycles. The number of aromatic nitrogens is 3. The fourth-order valence-corrected chi connectivity index (χ4v) is 4.34. The van der Waals surface area contributed by atoms with E-state index in [1.165, 1.54) is 11.8 Å². The highest BCUT2D eigenvalue weighted by Crippen LogP contribution is 2.27. The molecule has 1 amide bonds. The van der Waals surface area contributed by atoms with Crippen molar-refractivity contribution in [2.45, 2.75) is 38.9 Å². The van der Waals surface area contributed by atoms with Crippen LogP contribution >= 0.6 is 11.8 Å². The van der Waals surface area contributed by atoms with Crippen LogP contribution in [0.4, 0.5) is 5.69 Å². The van der Waals surface area contributed by atoms with E-state index in [0.717, 1.165) is 45.9 Å². The number of hydrogen-bond donors (Lipinski definition) is 1. The van der Waals surface area contributed by atoms with E-state index in [4.69, 9.17) is 4.42 Å². The van der Waals surface area contributed by atoms with E-state index in [0.29, 0.717) is 11.7 Å². The SMILES string of the molecule is CCc1cccc(C)c1NC(=O)CSc1nnc(-c2cccc(C)c2)n1Cc1ccco1. The van der Waals surface area contributed by atoms with Gasteiger partial charge in [-0.3, -0.25) is 9.36 Å². The standard InChI is InChI=1S/C25H26N4O2S/c1-4-19-10-6-9-18(3)23(19)26-22(30)16-32-25-28-27-24(20-11-5-8-17(2)14-20)29(25)15-21-12-7-13-31-21/h5-14H,4,15-16H2,1-3H3,(H,26,30). The Kier molecular flexibility index (Phi) is 6.75. The number of benzene rings is 2. The Labute approximate surface area is 192 Å². The van der Waals surface area contributed by atoms with Crippen LogP contribution in [0.2, 0.25) is 0 Å². The lowest BCUT2D eigenvalue weighted by Crippen LogP contribution is -2.16. The highest BCUT2D eigenvalue weighted by molar-refractivity contribution is 7.99. The van der Waals surface area contributed by atoms with Gasteiger partial charge in [0.15, 0.2) is 11.0 Å². The quantitative estimate of drug-likeness (QED) is 0.362. The van der Waals surface area contributed by atoms with Crippen LogP contribution < -0.4 is 5.32 Å². The van der Waals surface area contributed by atoms with Gasteiger partial charge < -0.3 is 9.73 Å². The maximum atomic E-state index is 12.7. The Balaban J connectivity index is 1.55. The first kappa shape index (κ1) is 21.9. The molecule has 0 aliphatic heterocycles. The Morgan fingerprint density at radius 3 is 2.69 bits per heavy atom. The largest absolute Gasteiger partial charge is 0.467 e. The second-order valence-corrected chi connectivity index (χ2v) is 8.58. The summed E-state index contributed by atoms with van der Waals surface area (Å²) in [6.07, 6.45) is 2.52. The summed E-state index contributed by atoms with van der Waals surface area (Å²) < 4.78 is 7.55. The zero-order valence-corrected chi connectivity index (χ0v) is 19.3. The van der Waals surface area contributed by atoms with Crippen molar-refractivity contribution < 1.29 is 9.21 Å². The number of rotatable bonds is 8. The average Bonchev–Trinajstić information content (AvgIpc) is 3.44. The number of aryl methyl sites for hydroxylation is 3. The topological polar surface area (TPSA) is 73.0 Å². The first-order valence-electron chi connectivity index (χ1n) is 10.6.